The minimum atomic E-state index is -0.909. The Bertz CT molecular complexity index is 687. The summed E-state index contributed by atoms with van der Waals surface area (Å²) in [4.78, 5) is 23.5. The van der Waals surface area contributed by atoms with Gasteiger partial charge in [-0.2, -0.15) is 5.26 Å². The minimum absolute atomic E-state index is 0.160. The van der Waals surface area contributed by atoms with Gasteiger partial charge in [0.1, 0.15) is 11.3 Å². The lowest BCUT2D eigenvalue weighted by atomic mass is 9.98. The van der Waals surface area contributed by atoms with E-state index in [4.69, 9.17) is 21.1 Å². The van der Waals surface area contributed by atoms with Gasteiger partial charge in [-0.25, -0.2) is 4.79 Å². The summed E-state index contributed by atoms with van der Waals surface area (Å²) in [6.45, 7) is 0.880. The zero-order valence-electron chi connectivity index (χ0n) is 13.0. The Labute approximate surface area is 153 Å². The summed E-state index contributed by atoms with van der Waals surface area (Å²) in [5.41, 5.74) is -0.909. The first-order chi connectivity index (χ1) is 11.3. The first kappa shape index (κ1) is 18.6. The summed E-state index contributed by atoms with van der Waals surface area (Å²) in [6.07, 6.45) is 1.82. The second-order valence-electron chi connectivity index (χ2n) is 5.66. The van der Waals surface area contributed by atoms with E-state index < -0.39 is 24.0 Å². The number of hydrogen-bond acceptors (Lipinski definition) is 5. The number of nitrogens with zero attached hydrogens (tertiary/aromatic N) is 1. The van der Waals surface area contributed by atoms with Crippen LogP contribution in [0.4, 0.5) is 0 Å². The second-order valence-corrected chi connectivity index (χ2v) is 6.95. The molecule has 128 valence electrons. The number of carbonyl (C=O) groups excluding carboxylic acids is 2. The zero-order chi connectivity index (χ0) is 17.7. The Morgan fingerprint density at radius 1 is 1.46 bits per heavy atom. The monoisotopic (exact) mass is 414 g/mol. The van der Waals surface area contributed by atoms with Gasteiger partial charge in [-0.05, 0) is 59.8 Å². The van der Waals surface area contributed by atoms with Crippen molar-refractivity contribution in [1.82, 2.24) is 5.32 Å². The Morgan fingerprint density at radius 3 is 2.75 bits per heavy atom. The molecule has 1 saturated carbocycles. The van der Waals surface area contributed by atoms with E-state index in [0.29, 0.717) is 15.2 Å². The van der Waals surface area contributed by atoms with Gasteiger partial charge < -0.3 is 14.8 Å². The average molecular weight is 416 g/mol. The molecule has 0 bridgehead atoms. The van der Waals surface area contributed by atoms with Crippen molar-refractivity contribution in [3.05, 3.63) is 27.7 Å². The summed E-state index contributed by atoms with van der Waals surface area (Å²) in [7, 11) is 0. The van der Waals surface area contributed by atoms with Crippen LogP contribution >= 0.6 is 27.5 Å². The molecule has 0 spiro atoms. The molecule has 1 N–H and O–H groups in total. The number of esters is 1. The SMILES string of the molecule is C[C@](C#N)(NC(=O)COC(=O)COc1ccc(Cl)cc1Br)C1CC1. The number of carbonyl (C=O) groups is 2. The molecule has 1 amide bonds. The molecule has 0 heterocycles. The van der Waals surface area contributed by atoms with Crippen LogP contribution in [0.1, 0.15) is 19.8 Å². The van der Waals surface area contributed by atoms with Gasteiger partial charge >= 0.3 is 5.97 Å². The molecule has 0 aliphatic heterocycles. The molecule has 0 unspecified atom stereocenters. The van der Waals surface area contributed by atoms with Crippen LogP contribution in [0.3, 0.4) is 0 Å². The highest BCUT2D eigenvalue weighted by Gasteiger charge is 2.43. The molecule has 0 radical (unpaired) electrons. The number of nitriles is 1. The normalized spacial score (nSPS) is 15.8. The second kappa shape index (κ2) is 7.86. The van der Waals surface area contributed by atoms with Gasteiger partial charge in [0.25, 0.3) is 5.91 Å². The van der Waals surface area contributed by atoms with Crippen LogP contribution in [-0.2, 0) is 14.3 Å². The van der Waals surface area contributed by atoms with Crippen LogP contribution < -0.4 is 10.1 Å². The van der Waals surface area contributed by atoms with E-state index >= 15 is 0 Å². The van der Waals surface area contributed by atoms with E-state index in [2.05, 4.69) is 27.3 Å². The third kappa shape index (κ3) is 5.11. The van der Waals surface area contributed by atoms with E-state index in [1.54, 1.807) is 25.1 Å². The number of halogens is 2. The Balaban J connectivity index is 1.74. The van der Waals surface area contributed by atoms with Crippen molar-refractivity contribution in [3.8, 4) is 11.8 Å². The molecule has 1 atom stereocenters. The topological polar surface area (TPSA) is 88.4 Å². The van der Waals surface area contributed by atoms with Gasteiger partial charge in [0.15, 0.2) is 13.2 Å². The number of amides is 1. The summed E-state index contributed by atoms with van der Waals surface area (Å²) in [5, 5.41) is 12.3. The van der Waals surface area contributed by atoms with Crippen LogP contribution in [-0.4, -0.2) is 30.6 Å². The predicted molar refractivity (Wildman–Crippen MR) is 90.5 cm³/mol. The summed E-state index contributed by atoms with van der Waals surface area (Å²) < 4.78 is 10.8. The van der Waals surface area contributed by atoms with E-state index in [0.717, 1.165) is 12.8 Å². The molecule has 8 heteroatoms. The summed E-state index contributed by atoms with van der Waals surface area (Å²) >= 11 is 9.07. The smallest absolute Gasteiger partial charge is 0.344 e. The van der Waals surface area contributed by atoms with Gasteiger partial charge in [-0.3, -0.25) is 4.79 Å². The number of hydrogen-bond donors (Lipinski definition) is 1. The number of ether oxygens (including phenoxy) is 2. The molecule has 1 fully saturated rings. The molecule has 1 aromatic rings. The number of nitrogens with one attached hydrogen (secondary N) is 1. The van der Waals surface area contributed by atoms with E-state index in [9.17, 15) is 14.9 Å². The molecule has 6 nitrogen and oxygen atoms in total. The minimum Gasteiger partial charge on any atom is -0.481 e. The molecular weight excluding hydrogens is 400 g/mol. The standard InChI is InChI=1S/C16H16BrClN2O4/c1-16(9-19,10-2-3-10)20-14(21)7-24-15(22)8-23-13-5-4-11(18)6-12(13)17/h4-6,10H,2-3,7-8H2,1H3,(H,20,21)/t16-/m1/s1. The summed E-state index contributed by atoms with van der Waals surface area (Å²) in [6, 6.07) is 6.98. The molecule has 0 aromatic heterocycles. The highest BCUT2D eigenvalue weighted by molar-refractivity contribution is 9.10. The largest absolute Gasteiger partial charge is 0.481 e. The average Bonchev–Trinajstić information content (AvgIpc) is 3.37. The Morgan fingerprint density at radius 2 is 2.17 bits per heavy atom. The summed E-state index contributed by atoms with van der Waals surface area (Å²) in [5.74, 6) is -0.594. The van der Waals surface area contributed by atoms with Crippen LogP contribution in [0.15, 0.2) is 22.7 Å². The molecule has 24 heavy (non-hydrogen) atoms. The fourth-order valence-corrected chi connectivity index (χ4v) is 2.92. The maximum atomic E-state index is 11.8. The van der Waals surface area contributed by atoms with Gasteiger partial charge in [-0.1, -0.05) is 11.6 Å². The maximum absolute atomic E-state index is 11.8. The van der Waals surface area contributed by atoms with Gasteiger partial charge in [0, 0.05) is 5.02 Å². The number of rotatable bonds is 7. The fourth-order valence-electron chi connectivity index (χ4n) is 2.12. The third-order valence-corrected chi connectivity index (χ3v) is 4.48. The van der Waals surface area contributed by atoms with Crippen LogP contribution in [0.2, 0.25) is 5.02 Å². The van der Waals surface area contributed by atoms with E-state index in [-0.39, 0.29) is 12.5 Å². The van der Waals surface area contributed by atoms with Crippen molar-refractivity contribution in [2.75, 3.05) is 13.2 Å². The van der Waals surface area contributed by atoms with Crippen LogP contribution in [0.5, 0.6) is 5.75 Å². The predicted octanol–water partition coefficient (Wildman–Crippen LogP) is 2.83. The molecule has 1 aliphatic rings. The lowest BCUT2D eigenvalue weighted by Gasteiger charge is -2.22. The Hall–Kier alpha value is -1.78. The van der Waals surface area contributed by atoms with Crippen molar-refractivity contribution < 1.29 is 19.1 Å². The first-order valence-corrected chi connectivity index (χ1v) is 8.47. The molecule has 1 aliphatic carbocycles. The van der Waals surface area contributed by atoms with Crippen LogP contribution in [0.25, 0.3) is 0 Å². The van der Waals surface area contributed by atoms with Crippen molar-refractivity contribution >= 4 is 39.4 Å². The van der Waals surface area contributed by atoms with Gasteiger partial charge in [0.05, 0.1) is 10.5 Å². The van der Waals surface area contributed by atoms with Crippen molar-refractivity contribution in [1.29, 1.82) is 5.26 Å². The van der Waals surface area contributed by atoms with Gasteiger partial charge in [0.2, 0.25) is 0 Å². The van der Waals surface area contributed by atoms with E-state index in [1.807, 2.05) is 0 Å². The first-order valence-electron chi connectivity index (χ1n) is 7.30. The third-order valence-electron chi connectivity index (χ3n) is 3.63. The van der Waals surface area contributed by atoms with Crippen molar-refractivity contribution in [2.24, 2.45) is 5.92 Å². The number of benzene rings is 1. The van der Waals surface area contributed by atoms with Crippen LogP contribution in [0, 0.1) is 17.2 Å². The Kier molecular flexibility index (Phi) is 6.08. The van der Waals surface area contributed by atoms with Crippen molar-refractivity contribution in [3.63, 3.8) is 0 Å². The highest BCUT2D eigenvalue weighted by Crippen LogP contribution is 2.39. The fraction of sp³-hybridized carbons (Fsp3) is 0.438. The van der Waals surface area contributed by atoms with Crippen molar-refractivity contribution in [2.45, 2.75) is 25.3 Å². The molecule has 2 rings (SSSR count). The molecular formula is C16H16BrClN2O4. The lowest BCUT2D eigenvalue weighted by molar-refractivity contribution is -0.150. The quantitative estimate of drug-likeness (QED) is 0.692. The lowest BCUT2D eigenvalue weighted by Crippen LogP contribution is -2.48. The molecule has 1 aromatic carbocycles. The maximum Gasteiger partial charge on any atom is 0.344 e. The zero-order valence-corrected chi connectivity index (χ0v) is 15.3. The highest BCUT2D eigenvalue weighted by atomic mass is 79.9. The molecule has 0 saturated heterocycles. The van der Waals surface area contributed by atoms with E-state index in [1.165, 1.54) is 0 Å². The van der Waals surface area contributed by atoms with Gasteiger partial charge in [-0.15, -0.1) is 0 Å².